The van der Waals surface area contributed by atoms with Crippen LogP contribution in [0.1, 0.15) is 56.2 Å². The van der Waals surface area contributed by atoms with Gasteiger partial charge in [-0.05, 0) is 61.2 Å². The molecule has 2 N–H and O–H groups in total. The standard InChI is InChI=1S/C24H25BrN6O2/c1-24(2,3)33-23(32)31-10-6-8-15(13-31)20-21(27-4)18(17-12-28-30-22(17)29-20)16-9-5-7-14(11-26)19(16)25/h5,7,9,12,15,18H,6,8,10,13H2,1-3H3,(H2,28,29,30). The Hall–Kier alpha value is -3.30. The number of nitriles is 1. The van der Waals surface area contributed by atoms with Gasteiger partial charge in [-0.2, -0.15) is 10.4 Å². The van der Waals surface area contributed by atoms with Crippen molar-refractivity contribution in [1.82, 2.24) is 15.1 Å². The van der Waals surface area contributed by atoms with Gasteiger partial charge in [0.2, 0.25) is 0 Å². The summed E-state index contributed by atoms with van der Waals surface area (Å²) in [5.41, 5.74) is 2.96. The van der Waals surface area contributed by atoms with Crippen molar-refractivity contribution >= 4 is 27.8 Å². The lowest BCUT2D eigenvalue weighted by Gasteiger charge is -2.37. The van der Waals surface area contributed by atoms with Crippen LogP contribution in [0.5, 0.6) is 0 Å². The average Bonchev–Trinajstić information content (AvgIpc) is 3.25. The first-order valence-electron chi connectivity index (χ1n) is 10.8. The van der Waals surface area contributed by atoms with Crippen LogP contribution < -0.4 is 5.32 Å². The Balaban J connectivity index is 1.74. The number of H-pyrrole nitrogens is 1. The number of amides is 1. The van der Waals surface area contributed by atoms with Gasteiger partial charge in [0.05, 0.1) is 24.3 Å². The second-order valence-corrected chi connectivity index (χ2v) is 10.0. The van der Waals surface area contributed by atoms with Gasteiger partial charge in [0.1, 0.15) is 17.5 Å². The van der Waals surface area contributed by atoms with Crippen molar-refractivity contribution < 1.29 is 9.53 Å². The number of hydrogen-bond acceptors (Lipinski definition) is 5. The van der Waals surface area contributed by atoms with Crippen molar-refractivity contribution in [2.75, 3.05) is 18.4 Å². The Morgan fingerprint density at radius 2 is 2.18 bits per heavy atom. The van der Waals surface area contributed by atoms with E-state index in [4.69, 9.17) is 11.3 Å². The van der Waals surface area contributed by atoms with Crippen molar-refractivity contribution in [3.05, 3.63) is 68.4 Å². The molecule has 0 spiro atoms. The van der Waals surface area contributed by atoms with E-state index >= 15 is 0 Å². The minimum atomic E-state index is -0.567. The van der Waals surface area contributed by atoms with Gasteiger partial charge in [-0.25, -0.2) is 9.64 Å². The lowest BCUT2D eigenvalue weighted by molar-refractivity contribution is 0.0182. The monoisotopic (exact) mass is 508 g/mol. The van der Waals surface area contributed by atoms with E-state index in [2.05, 4.69) is 42.4 Å². The average molecular weight is 509 g/mol. The van der Waals surface area contributed by atoms with E-state index in [1.165, 1.54) is 0 Å². The highest BCUT2D eigenvalue weighted by atomic mass is 79.9. The van der Waals surface area contributed by atoms with Crippen molar-refractivity contribution in [3.63, 3.8) is 0 Å². The third kappa shape index (κ3) is 4.46. The molecule has 8 nitrogen and oxygen atoms in total. The van der Waals surface area contributed by atoms with Crippen LogP contribution in [0.2, 0.25) is 0 Å². The van der Waals surface area contributed by atoms with Crippen molar-refractivity contribution in [2.45, 2.75) is 45.1 Å². The van der Waals surface area contributed by atoms with Crippen LogP contribution >= 0.6 is 15.9 Å². The number of anilines is 1. The summed E-state index contributed by atoms with van der Waals surface area (Å²) in [5.74, 6) is 0.297. The number of rotatable bonds is 2. The second kappa shape index (κ2) is 8.92. The summed E-state index contributed by atoms with van der Waals surface area (Å²) in [7, 11) is 0. The zero-order valence-corrected chi connectivity index (χ0v) is 20.4. The zero-order chi connectivity index (χ0) is 23.8. The van der Waals surface area contributed by atoms with Crippen molar-refractivity contribution in [1.29, 1.82) is 5.26 Å². The van der Waals surface area contributed by atoms with Gasteiger partial charge >= 0.3 is 6.09 Å². The molecule has 1 saturated heterocycles. The van der Waals surface area contributed by atoms with Gasteiger partial charge in [-0.1, -0.05) is 12.1 Å². The van der Waals surface area contributed by atoms with Gasteiger partial charge in [0.15, 0.2) is 5.70 Å². The lowest BCUT2D eigenvalue weighted by atomic mass is 9.82. The number of fused-ring (bicyclic) bond motifs is 1. The van der Waals surface area contributed by atoms with Gasteiger partial charge in [-0.15, -0.1) is 0 Å². The first-order chi connectivity index (χ1) is 15.7. The smallest absolute Gasteiger partial charge is 0.410 e. The summed E-state index contributed by atoms with van der Waals surface area (Å²) in [6.07, 6.45) is 3.04. The number of nitrogens with one attached hydrogen (secondary N) is 2. The number of piperidine rings is 1. The molecule has 0 saturated carbocycles. The van der Waals surface area contributed by atoms with E-state index in [9.17, 15) is 10.1 Å². The number of likely N-dealkylation sites (tertiary alicyclic amines) is 1. The second-order valence-electron chi connectivity index (χ2n) is 9.26. The molecule has 0 radical (unpaired) electrons. The van der Waals surface area contributed by atoms with E-state index in [0.717, 1.165) is 35.5 Å². The summed E-state index contributed by atoms with van der Waals surface area (Å²) < 4.78 is 6.25. The Morgan fingerprint density at radius 3 is 2.88 bits per heavy atom. The summed E-state index contributed by atoms with van der Waals surface area (Å²) in [5, 5.41) is 20.1. The Kier molecular flexibility index (Phi) is 6.18. The van der Waals surface area contributed by atoms with E-state index in [1.807, 2.05) is 32.9 Å². The first-order valence-corrected chi connectivity index (χ1v) is 11.6. The molecule has 2 atom stereocenters. The molecule has 2 aromatic rings. The highest BCUT2D eigenvalue weighted by Crippen LogP contribution is 2.46. The molecule has 1 aromatic carbocycles. The molecule has 170 valence electrons. The molecule has 2 aliphatic heterocycles. The predicted octanol–water partition coefficient (Wildman–Crippen LogP) is 5.38. The van der Waals surface area contributed by atoms with Crippen molar-refractivity contribution in [2.24, 2.45) is 5.92 Å². The molecule has 4 rings (SSSR count). The molecular formula is C24H25BrN6O2. The zero-order valence-electron chi connectivity index (χ0n) is 18.8. The van der Waals surface area contributed by atoms with Crippen LogP contribution in [0, 0.1) is 23.8 Å². The maximum atomic E-state index is 12.7. The van der Waals surface area contributed by atoms with Crippen LogP contribution in [0.15, 0.2) is 40.3 Å². The minimum Gasteiger partial charge on any atom is -0.444 e. The van der Waals surface area contributed by atoms with Crippen LogP contribution in [0.4, 0.5) is 10.6 Å². The molecule has 2 aliphatic rings. The molecule has 1 fully saturated rings. The van der Waals surface area contributed by atoms with Crippen LogP contribution in [0.3, 0.4) is 0 Å². The Bertz CT molecular complexity index is 1200. The van der Waals surface area contributed by atoms with E-state index in [-0.39, 0.29) is 17.9 Å². The predicted molar refractivity (Wildman–Crippen MR) is 127 cm³/mol. The van der Waals surface area contributed by atoms with Gasteiger partial charge in [0, 0.05) is 34.7 Å². The summed E-state index contributed by atoms with van der Waals surface area (Å²) >= 11 is 3.58. The summed E-state index contributed by atoms with van der Waals surface area (Å²) in [6.45, 7) is 14.7. The number of aromatic nitrogens is 2. The number of ether oxygens (including phenoxy) is 1. The van der Waals surface area contributed by atoms with Gasteiger partial charge < -0.3 is 15.0 Å². The number of allylic oxidation sites excluding steroid dienone is 1. The van der Waals surface area contributed by atoms with Crippen LogP contribution in [0.25, 0.3) is 4.85 Å². The quantitative estimate of drug-likeness (QED) is 0.530. The van der Waals surface area contributed by atoms with Gasteiger partial charge in [0.25, 0.3) is 0 Å². The fourth-order valence-electron chi connectivity index (χ4n) is 4.43. The van der Waals surface area contributed by atoms with Crippen LogP contribution in [-0.4, -0.2) is 39.9 Å². The molecule has 3 heterocycles. The number of carbonyl (C=O) groups excluding carboxylic acids is 1. The molecular weight excluding hydrogens is 484 g/mol. The maximum Gasteiger partial charge on any atom is 0.410 e. The minimum absolute atomic E-state index is 0.0488. The number of benzene rings is 1. The number of carbonyl (C=O) groups is 1. The number of halogens is 1. The number of hydrogen-bond donors (Lipinski definition) is 2. The Labute approximate surface area is 201 Å². The van der Waals surface area contributed by atoms with E-state index in [0.29, 0.717) is 28.8 Å². The van der Waals surface area contributed by atoms with Gasteiger partial charge in [-0.3, -0.25) is 5.10 Å². The van der Waals surface area contributed by atoms with E-state index < -0.39 is 5.60 Å². The fourth-order valence-corrected chi connectivity index (χ4v) is 5.01. The normalized spacial score (nSPS) is 20.4. The SMILES string of the molecule is [C-]#[N+]C1=C(C2CCCN(C(=O)OC(C)(C)C)C2)Nc2[nH]ncc2C1c1cccc(C#N)c1Br. The molecule has 33 heavy (non-hydrogen) atoms. The van der Waals surface area contributed by atoms with Crippen molar-refractivity contribution in [3.8, 4) is 6.07 Å². The molecule has 2 unspecified atom stereocenters. The molecule has 9 heteroatoms. The molecule has 1 aromatic heterocycles. The molecule has 0 bridgehead atoms. The highest BCUT2D eigenvalue weighted by molar-refractivity contribution is 9.10. The fraction of sp³-hybridized carbons (Fsp3) is 0.417. The topological polar surface area (TPSA) is 98.4 Å². The third-order valence-electron chi connectivity index (χ3n) is 5.85. The van der Waals surface area contributed by atoms with Crippen LogP contribution in [-0.2, 0) is 4.74 Å². The Morgan fingerprint density at radius 1 is 1.39 bits per heavy atom. The molecule has 1 amide bonds. The number of aromatic amines is 1. The third-order valence-corrected chi connectivity index (χ3v) is 6.74. The molecule has 0 aliphatic carbocycles. The number of nitrogens with zero attached hydrogens (tertiary/aromatic N) is 4. The van der Waals surface area contributed by atoms with E-state index in [1.54, 1.807) is 17.2 Å². The maximum absolute atomic E-state index is 12.7. The summed E-state index contributed by atoms with van der Waals surface area (Å²) in [4.78, 5) is 18.4. The summed E-state index contributed by atoms with van der Waals surface area (Å²) in [6, 6.07) is 7.69. The lowest BCUT2D eigenvalue weighted by Crippen LogP contribution is -2.44. The first kappa shape index (κ1) is 22.9. The highest BCUT2D eigenvalue weighted by Gasteiger charge is 2.38. The largest absolute Gasteiger partial charge is 0.444 e.